The number of nitrogen functional groups attached to an aromatic ring is 1. The maximum Gasteiger partial charge on any atom is 0.254 e. The van der Waals surface area contributed by atoms with Gasteiger partial charge in [0.05, 0.1) is 6.10 Å². The minimum absolute atomic E-state index is 0.0566. The van der Waals surface area contributed by atoms with E-state index in [9.17, 15) is 9.90 Å². The summed E-state index contributed by atoms with van der Waals surface area (Å²) in [6.07, 6.45) is 0.281. The summed E-state index contributed by atoms with van der Waals surface area (Å²) in [5.74, 6) is -0.0566. The van der Waals surface area contributed by atoms with Gasteiger partial charge in [-0.3, -0.25) is 4.79 Å². The van der Waals surface area contributed by atoms with Gasteiger partial charge in [-0.2, -0.15) is 0 Å². The van der Waals surface area contributed by atoms with Crippen LogP contribution in [0.25, 0.3) is 0 Å². The highest BCUT2D eigenvalue weighted by atomic mass is 16.3. The maximum atomic E-state index is 11.9. The second kappa shape index (κ2) is 3.90. The van der Waals surface area contributed by atoms with E-state index in [1.807, 2.05) is 0 Å². The molecule has 1 amide bonds. The number of nitrogens with zero attached hydrogens (tertiary/aromatic N) is 1. The van der Waals surface area contributed by atoms with E-state index >= 15 is 0 Å². The number of amides is 1. The molecule has 80 valence electrons. The van der Waals surface area contributed by atoms with E-state index < -0.39 is 0 Å². The van der Waals surface area contributed by atoms with E-state index in [0.717, 1.165) is 0 Å². The predicted octanol–water partition coefficient (Wildman–Crippen LogP) is 0.476. The Bertz CT molecular complexity index is 379. The van der Waals surface area contributed by atoms with E-state index in [1.54, 1.807) is 29.2 Å². The lowest BCUT2D eigenvalue weighted by Crippen LogP contribution is -2.29. The molecule has 0 aromatic heterocycles. The van der Waals surface area contributed by atoms with E-state index in [-0.39, 0.29) is 12.0 Å². The normalized spacial score (nSPS) is 20.6. The fourth-order valence-corrected chi connectivity index (χ4v) is 1.78. The van der Waals surface area contributed by atoms with Crippen LogP contribution in [0, 0.1) is 0 Å². The van der Waals surface area contributed by atoms with Crippen molar-refractivity contribution in [1.29, 1.82) is 0 Å². The molecular weight excluding hydrogens is 192 g/mol. The van der Waals surface area contributed by atoms with Gasteiger partial charge >= 0.3 is 0 Å². The molecule has 4 heteroatoms. The molecule has 1 heterocycles. The van der Waals surface area contributed by atoms with E-state index in [4.69, 9.17) is 5.73 Å². The third kappa shape index (κ3) is 2.10. The van der Waals surface area contributed by atoms with Crippen LogP contribution >= 0.6 is 0 Å². The van der Waals surface area contributed by atoms with Crippen LogP contribution in [-0.4, -0.2) is 35.1 Å². The quantitative estimate of drug-likeness (QED) is 0.657. The smallest absolute Gasteiger partial charge is 0.254 e. The molecule has 1 saturated heterocycles. The first-order valence-corrected chi connectivity index (χ1v) is 4.99. The lowest BCUT2D eigenvalue weighted by Gasteiger charge is -2.15. The molecule has 2 rings (SSSR count). The van der Waals surface area contributed by atoms with Gasteiger partial charge < -0.3 is 15.7 Å². The van der Waals surface area contributed by atoms with Crippen LogP contribution in [0.15, 0.2) is 24.3 Å². The molecule has 0 aliphatic carbocycles. The van der Waals surface area contributed by atoms with Gasteiger partial charge in [0.15, 0.2) is 0 Å². The molecular formula is C11H14N2O2. The molecule has 1 aromatic rings. The van der Waals surface area contributed by atoms with Gasteiger partial charge in [-0.1, -0.05) is 6.07 Å². The zero-order chi connectivity index (χ0) is 10.8. The zero-order valence-electron chi connectivity index (χ0n) is 8.39. The van der Waals surface area contributed by atoms with Gasteiger partial charge in [0, 0.05) is 24.3 Å². The average Bonchev–Trinajstić information content (AvgIpc) is 2.64. The summed E-state index contributed by atoms with van der Waals surface area (Å²) in [6.45, 7) is 1.04. The number of anilines is 1. The molecule has 1 aromatic carbocycles. The third-order valence-electron chi connectivity index (χ3n) is 2.58. The summed E-state index contributed by atoms with van der Waals surface area (Å²) in [5, 5.41) is 9.33. The van der Waals surface area contributed by atoms with Gasteiger partial charge in [0.25, 0.3) is 5.91 Å². The number of nitrogens with two attached hydrogens (primary N) is 1. The molecule has 0 radical (unpaired) electrons. The first-order chi connectivity index (χ1) is 7.16. The second-order valence-corrected chi connectivity index (χ2v) is 3.82. The molecule has 0 bridgehead atoms. The topological polar surface area (TPSA) is 66.6 Å². The van der Waals surface area contributed by atoms with Gasteiger partial charge in [0.1, 0.15) is 0 Å². The molecule has 4 nitrogen and oxygen atoms in total. The second-order valence-electron chi connectivity index (χ2n) is 3.82. The largest absolute Gasteiger partial charge is 0.399 e. The van der Waals surface area contributed by atoms with Crippen LogP contribution < -0.4 is 5.73 Å². The molecule has 1 aliphatic rings. The number of hydrogen-bond donors (Lipinski definition) is 2. The van der Waals surface area contributed by atoms with Crippen molar-refractivity contribution < 1.29 is 9.90 Å². The third-order valence-corrected chi connectivity index (χ3v) is 2.58. The number of rotatable bonds is 1. The molecule has 1 atom stereocenters. The molecule has 1 fully saturated rings. The maximum absolute atomic E-state index is 11.9. The lowest BCUT2D eigenvalue weighted by atomic mass is 10.2. The minimum Gasteiger partial charge on any atom is -0.399 e. The van der Waals surface area contributed by atoms with Crippen molar-refractivity contribution in [3.8, 4) is 0 Å². The van der Waals surface area contributed by atoms with Crippen molar-refractivity contribution in [3.63, 3.8) is 0 Å². The summed E-state index contributed by atoms with van der Waals surface area (Å²) in [6, 6.07) is 6.90. The number of aliphatic hydroxyl groups excluding tert-OH is 1. The van der Waals surface area contributed by atoms with E-state index in [2.05, 4.69) is 0 Å². The first kappa shape index (κ1) is 9.98. The Balaban J connectivity index is 2.14. The Hall–Kier alpha value is -1.55. The van der Waals surface area contributed by atoms with Gasteiger partial charge in [-0.25, -0.2) is 0 Å². The van der Waals surface area contributed by atoms with Gasteiger partial charge in [-0.05, 0) is 24.6 Å². The monoisotopic (exact) mass is 206 g/mol. The number of β-amino-alcohol motifs (C(OH)–C–C–N with tert-alkyl or cyclic N) is 1. The highest BCUT2D eigenvalue weighted by Gasteiger charge is 2.25. The summed E-state index contributed by atoms with van der Waals surface area (Å²) in [4.78, 5) is 13.6. The van der Waals surface area contributed by atoms with Gasteiger partial charge in [-0.15, -0.1) is 0 Å². The van der Waals surface area contributed by atoms with Crippen LogP contribution in [0.1, 0.15) is 16.8 Å². The lowest BCUT2D eigenvalue weighted by molar-refractivity contribution is 0.0765. The summed E-state index contributed by atoms with van der Waals surface area (Å²) >= 11 is 0. The number of hydrogen-bond acceptors (Lipinski definition) is 3. The number of carbonyl (C=O) groups is 1. The van der Waals surface area contributed by atoms with Crippen molar-refractivity contribution >= 4 is 11.6 Å². The van der Waals surface area contributed by atoms with E-state index in [1.165, 1.54) is 0 Å². The van der Waals surface area contributed by atoms with E-state index in [0.29, 0.717) is 30.8 Å². The fourth-order valence-electron chi connectivity index (χ4n) is 1.78. The van der Waals surface area contributed by atoms with Crippen LogP contribution in [0.5, 0.6) is 0 Å². The molecule has 0 spiro atoms. The first-order valence-electron chi connectivity index (χ1n) is 4.99. The van der Waals surface area contributed by atoms with Crippen molar-refractivity contribution in [2.45, 2.75) is 12.5 Å². The molecule has 0 saturated carbocycles. The average molecular weight is 206 g/mol. The number of likely N-dealkylation sites (tertiary alicyclic amines) is 1. The van der Waals surface area contributed by atoms with Crippen molar-refractivity contribution in [2.75, 3.05) is 18.8 Å². The van der Waals surface area contributed by atoms with Crippen LogP contribution in [-0.2, 0) is 0 Å². The SMILES string of the molecule is Nc1cccc(C(=O)N2CCC(O)C2)c1. The number of aliphatic hydroxyl groups is 1. The summed E-state index contributed by atoms with van der Waals surface area (Å²) < 4.78 is 0. The van der Waals surface area contributed by atoms with Crippen molar-refractivity contribution in [1.82, 2.24) is 4.90 Å². The van der Waals surface area contributed by atoms with Gasteiger partial charge in [0.2, 0.25) is 0 Å². The Kier molecular flexibility index (Phi) is 2.60. The van der Waals surface area contributed by atoms with Crippen molar-refractivity contribution in [2.24, 2.45) is 0 Å². The fraction of sp³-hybridized carbons (Fsp3) is 0.364. The Labute approximate surface area is 88.3 Å². The summed E-state index contributed by atoms with van der Waals surface area (Å²) in [7, 11) is 0. The number of benzene rings is 1. The minimum atomic E-state index is -0.380. The predicted molar refractivity (Wildman–Crippen MR) is 57.4 cm³/mol. The molecule has 3 N–H and O–H groups in total. The molecule has 1 unspecified atom stereocenters. The highest BCUT2D eigenvalue weighted by Crippen LogP contribution is 2.15. The Morgan fingerprint density at radius 2 is 2.33 bits per heavy atom. The summed E-state index contributed by atoms with van der Waals surface area (Å²) in [5.41, 5.74) is 6.77. The Morgan fingerprint density at radius 3 is 2.93 bits per heavy atom. The van der Waals surface area contributed by atoms with Crippen molar-refractivity contribution in [3.05, 3.63) is 29.8 Å². The number of carbonyl (C=O) groups excluding carboxylic acids is 1. The standard InChI is InChI=1S/C11H14N2O2/c12-9-3-1-2-8(6-9)11(15)13-5-4-10(14)7-13/h1-3,6,10,14H,4-5,7,12H2. The van der Waals surface area contributed by atoms with Crippen LogP contribution in [0.2, 0.25) is 0 Å². The molecule has 15 heavy (non-hydrogen) atoms. The zero-order valence-corrected chi connectivity index (χ0v) is 8.39. The van der Waals surface area contributed by atoms with Crippen LogP contribution in [0.3, 0.4) is 0 Å². The van der Waals surface area contributed by atoms with Crippen LogP contribution in [0.4, 0.5) is 5.69 Å². The molecule has 1 aliphatic heterocycles. The highest BCUT2D eigenvalue weighted by molar-refractivity contribution is 5.95. The Morgan fingerprint density at radius 1 is 1.53 bits per heavy atom.